The maximum Gasteiger partial charge on any atom is 0.326 e. The van der Waals surface area contributed by atoms with Crippen molar-refractivity contribution in [2.24, 2.45) is 5.41 Å². The molecule has 1 aliphatic heterocycles. The Labute approximate surface area is 196 Å². The fourth-order valence-electron chi connectivity index (χ4n) is 5.28. The molecule has 0 spiro atoms. The molecule has 1 N–H and O–H groups in total. The molecule has 180 valence electrons. The quantitative estimate of drug-likeness (QED) is 0.691. The number of sulfonamides is 1. The average Bonchev–Trinajstić information content (AvgIpc) is 3.03. The molecule has 1 saturated heterocycles. The number of nitrogens with zero attached hydrogens (tertiary/aromatic N) is 2. The van der Waals surface area contributed by atoms with Crippen molar-refractivity contribution in [1.29, 1.82) is 0 Å². The highest BCUT2D eigenvalue weighted by molar-refractivity contribution is 7.89. The molecule has 33 heavy (non-hydrogen) atoms. The highest BCUT2D eigenvalue weighted by Gasteiger charge is 2.35. The summed E-state index contributed by atoms with van der Waals surface area (Å²) >= 11 is 0. The van der Waals surface area contributed by atoms with Crippen molar-refractivity contribution in [3.63, 3.8) is 0 Å². The Bertz CT molecular complexity index is 1160. The zero-order valence-corrected chi connectivity index (χ0v) is 20.7. The number of ether oxygens (including phenoxy) is 1. The standard InChI is InChI=1S/C25H34N2O5S/c1-17-20(21-16-25(3,4)10-9-22(21)27(17)18(2)24(28)29)15-19-7-5-6-8-23(19)33(30,31)26-11-13-32-14-12-26/h5-8,18H,9-16H2,1-4H3,(H,28,29)/t18-/m0/s1. The van der Waals surface area contributed by atoms with E-state index >= 15 is 0 Å². The molecule has 2 aliphatic rings. The van der Waals surface area contributed by atoms with E-state index in [9.17, 15) is 18.3 Å². The lowest BCUT2D eigenvalue weighted by atomic mass is 9.75. The van der Waals surface area contributed by atoms with Crippen molar-refractivity contribution >= 4 is 16.0 Å². The summed E-state index contributed by atoms with van der Waals surface area (Å²) < 4.78 is 35.7. The minimum absolute atomic E-state index is 0.117. The predicted molar refractivity (Wildman–Crippen MR) is 126 cm³/mol. The second kappa shape index (κ2) is 8.89. The van der Waals surface area contributed by atoms with Crippen LogP contribution in [0, 0.1) is 12.3 Å². The molecule has 0 bridgehead atoms. The first-order valence-corrected chi connectivity index (χ1v) is 13.1. The maximum absolute atomic E-state index is 13.5. The first-order chi connectivity index (χ1) is 15.5. The van der Waals surface area contributed by atoms with Gasteiger partial charge in [-0.15, -0.1) is 0 Å². The largest absolute Gasteiger partial charge is 0.480 e. The third-order valence-corrected chi connectivity index (χ3v) is 9.17. The highest BCUT2D eigenvalue weighted by atomic mass is 32.2. The predicted octanol–water partition coefficient (Wildman–Crippen LogP) is 3.57. The van der Waals surface area contributed by atoms with Crippen LogP contribution in [0.5, 0.6) is 0 Å². The molecule has 8 heteroatoms. The second-order valence-corrected chi connectivity index (χ2v) is 11.9. The lowest BCUT2D eigenvalue weighted by Crippen LogP contribution is -2.40. The fraction of sp³-hybridized carbons (Fsp3) is 0.560. The summed E-state index contributed by atoms with van der Waals surface area (Å²) in [6.45, 7) is 9.68. The van der Waals surface area contributed by atoms with Crippen LogP contribution in [0.2, 0.25) is 0 Å². The lowest BCUT2D eigenvalue weighted by molar-refractivity contribution is -0.140. The number of carboxylic acids is 1. The van der Waals surface area contributed by atoms with E-state index in [0.29, 0.717) is 37.6 Å². The minimum atomic E-state index is -3.64. The van der Waals surface area contributed by atoms with Gasteiger partial charge in [-0.1, -0.05) is 32.0 Å². The smallest absolute Gasteiger partial charge is 0.326 e. The molecule has 2 heterocycles. The molecular weight excluding hydrogens is 440 g/mol. The first kappa shape index (κ1) is 24.0. The summed E-state index contributed by atoms with van der Waals surface area (Å²) in [6.07, 6.45) is 3.14. The number of carbonyl (C=O) groups is 1. The summed E-state index contributed by atoms with van der Waals surface area (Å²) in [4.78, 5) is 12.2. The number of aromatic nitrogens is 1. The van der Waals surface area contributed by atoms with Crippen LogP contribution in [0.4, 0.5) is 0 Å². The van der Waals surface area contributed by atoms with Gasteiger partial charge in [0.05, 0.1) is 18.1 Å². The zero-order chi connectivity index (χ0) is 24.0. The van der Waals surface area contributed by atoms with E-state index in [1.165, 1.54) is 9.87 Å². The molecule has 1 atom stereocenters. The van der Waals surface area contributed by atoms with Crippen molar-refractivity contribution < 1.29 is 23.1 Å². The third-order valence-electron chi connectivity index (χ3n) is 7.17. The molecule has 0 unspecified atom stereocenters. The van der Waals surface area contributed by atoms with Gasteiger partial charge >= 0.3 is 5.97 Å². The van der Waals surface area contributed by atoms with E-state index in [2.05, 4.69) is 13.8 Å². The van der Waals surface area contributed by atoms with E-state index in [-0.39, 0.29) is 5.41 Å². The van der Waals surface area contributed by atoms with Crippen LogP contribution < -0.4 is 0 Å². The molecule has 2 aromatic rings. The second-order valence-electron chi connectivity index (χ2n) is 10.0. The normalized spacial score (nSPS) is 19.8. The Morgan fingerprint density at radius 1 is 1.21 bits per heavy atom. The van der Waals surface area contributed by atoms with Crippen molar-refractivity contribution in [2.75, 3.05) is 26.3 Å². The van der Waals surface area contributed by atoms with Gasteiger partial charge in [0.25, 0.3) is 0 Å². The van der Waals surface area contributed by atoms with Gasteiger partial charge in [-0.25, -0.2) is 13.2 Å². The van der Waals surface area contributed by atoms with Gasteiger partial charge in [-0.3, -0.25) is 0 Å². The van der Waals surface area contributed by atoms with Gasteiger partial charge in [0.2, 0.25) is 10.0 Å². The average molecular weight is 475 g/mol. The lowest BCUT2D eigenvalue weighted by Gasteiger charge is -2.31. The summed E-state index contributed by atoms with van der Waals surface area (Å²) in [7, 11) is -3.64. The summed E-state index contributed by atoms with van der Waals surface area (Å²) in [5.74, 6) is -0.859. The van der Waals surface area contributed by atoms with Gasteiger partial charge in [0.15, 0.2) is 0 Å². The molecular formula is C25H34N2O5S. The number of benzene rings is 1. The van der Waals surface area contributed by atoms with E-state index < -0.39 is 22.0 Å². The van der Waals surface area contributed by atoms with Crippen LogP contribution in [0.1, 0.15) is 61.3 Å². The van der Waals surface area contributed by atoms with E-state index in [4.69, 9.17) is 4.74 Å². The highest BCUT2D eigenvalue weighted by Crippen LogP contribution is 2.41. The number of hydrogen-bond acceptors (Lipinski definition) is 4. The third kappa shape index (κ3) is 4.48. The van der Waals surface area contributed by atoms with Crippen molar-refractivity contribution in [1.82, 2.24) is 8.87 Å². The SMILES string of the molecule is Cc1c(Cc2ccccc2S(=O)(=O)N2CCOCC2)c2c(n1[C@@H](C)C(=O)O)CCC(C)(C)C2. The van der Waals surface area contributed by atoms with Crippen molar-refractivity contribution in [3.05, 3.63) is 52.3 Å². The van der Waals surface area contributed by atoms with Crippen molar-refractivity contribution in [3.8, 4) is 0 Å². The number of fused-ring (bicyclic) bond motifs is 1. The van der Waals surface area contributed by atoms with Gasteiger partial charge in [0, 0.05) is 30.9 Å². The Morgan fingerprint density at radius 2 is 1.88 bits per heavy atom. The molecule has 0 amide bonds. The molecule has 0 radical (unpaired) electrons. The number of aliphatic carboxylic acids is 1. The molecule has 1 aromatic carbocycles. The van der Waals surface area contributed by atoms with Crippen LogP contribution in [0.25, 0.3) is 0 Å². The summed E-state index contributed by atoms with van der Waals surface area (Å²) in [5, 5.41) is 9.74. The maximum atomic E-state index is 13.5. The molecule has 1 aliphatic carbocycles. The summed E-state index contributed by atoms with van der Waals surface area (Å²) in [6, 6.07) is 6.53. The van der Waals surface area contributed by atoms with Gasteiger partial charge < -0.3 is 14.4 Å². The van der Waals surface area contributed by atoms with E-state index in [1.54, 1.807) is 19.1 Å². The van der Waals surface area contributed by atoms with E-state index in [0.717, 1.165) is 41.8 Å². The van der Waals surface area contributed by atoms with Crippen LogP contribution in [0.3, 0.4) is 0 Å². The minimum Gasteiger partial charge on any atom is -0.480 e. The number of hydrogen-bond donors (Lipinski definition) is 1. The monoisotopic (exact) mass is 474 g/mol. The Morgan fingerprint density at radius 3 is 2.55 bits per heavy atom. The molecule has 1 aromatic heterocycles. The number of carboxylic acid groups (broad SMARTS) is 1. The first-order valence-electron chi connectivity index (χ1n) is 11.6. The Hall–Kier alpha value is -2.16. The summed E-state index contributed by atoms with van der Waals surface area (Å²) in [5.41, 5.74) is 5.13. The van der Waals surface area contributed by atoms with E-state index in [1.807, 2.05) is 23.6 Å². The van der Waals surface area contributed by atoms with Crippen LogP contribution >= 0.6 is 0 Å². The van der Waals surface area contributed by atoms with Gasteiger partial charge in [0.1, 0.15) is 6.04 Å². The Kier molecular flexibility index (Phi) is 6.46. The molecule has 0 saturated carbocycles. The number of rotatable bonds is 6. The van der Waals surface area contributed by atoms with Crippen LogP contribution in [-0.4, -0.2) is 54.7 Å². The number of morpholine rings is 1. The topological polar surface area (TPSA) is 88.8 Å². The molecule has 7 nitrogen and oxygen atoms in total. The van der Waals surface area contributed by atoms with Gasteiger partial charge in [-0.2, -0.15) is 4.31 Å². The fourth-order valence-corrected chi connectivity index (χ4v) is 6.91. The molecule has 1 fully saturated rings. The van der Waals surface area contributed by atoms with Crippen LogP contribution in [-0.2, 0) is 38.8 Å². The van der Waals surface area contributed by atoms with Crippen molar-refractivity contribution in [2.45, 2.75) is 64.3 Å². The van der Waals surface area contributed by atoms with Gasteiger partial charge in [-0.05, 0) is 61.3 Å². The van der Waals surface area contributed by atoms with Crippen LogP contribution in [0.15, 0.2) is 29.2 Å². The molecule has 4 rings (SSSR count). The zero-order valence-electron chi connectivity index (χ0n) is 19.9. The Balaban J connectivity index is 1.80.